The van der Waals surface area contributed by atoms with Gasteiger partial charge in [0.1, 0.15) is 0 Å². The molecule has 0 unspecified atom stereocenters. The Kier molecular flexibility index (Phi) is 6.10. The van der Waals surface area contributed by atoms with Crippen molar-refractivity contribution in [2.75, 3.05) is 0 Å². The van der Waals surface area contributed by atoms with Crippen molar-refractivity contribution in [3.63, 3.8) is 0 Å². The first kappa shape index (κ1) is 10.6. The molecule has 0 aliphatic rings. The lowest BCUT2D eigenvalue weighted by atomic mass is 10.0. The third-order valence-electron chi connectivity index (χ3n) is 1.98. The Morgan fingerprint density at radius 2 is 2.00 bits per heavy atom. The van der Waals surface area contributed by atoms with E-state index in [0.717, 1.165) is 0 Å². The Bertz CT molecular complexity index is 111. The van der Waals surface area contributed by atoms with Crippen molar-refractivity contribution in [2.24, 2.45) is 0 Å². The molecule has 0 bridgehead atoms. The average Bonchev–Trinajstić information content (AvgIpc) is 2.00. The van der Waals surface area contributed by atoms with Crippen molar-refractivity contribution in [2.45, 2.75) is 53.4 Å². The fourth-order valence-electron chi connectivity index (χ4n) is 1.05. The van der Waals surface area contributed by atoms with E-state index >= 15 is 0 Å². The molecule has 0 aromatic carbocycles. The Hall–Kier alpha value is -0.390. The van der Waals surface area contributed by atoms with E-state index in [1.54, 1.807) is 0 Å². The number of rotatable bonds is 5. The zero-order chi connectivity index (χ0) is 8.69. The van der Waals surface area contributed by atoms with E-state index in [1.807, 2.05) is 0 Å². The molecule has 0 N–H and O–H groups in total. The SMILES string of the molecule is CCCC/C(C)=C/[C-](C)CC. The summed E-state index contributed by atoms with van der Waals surface area (Å²) in [6.07, 6.45) is 7.42. The number of hydrogen-bond acceptors (Lipinski definition) is 0. The molecule has 0 amide bonds. The van der Waals surface area contributed by atoms with Crippen LogP contribution in [-0.2, 0) is 0 Å². The van der Waals surface area contributed by atoms with Gasteiger partial charge < -0.3 is 0 Å². The van der Waals surface area contributed by atoms with Crippen LogP contribution in [0.5, 0.6) is 0 Å². The van der Waals surface area contributed by atoms with Gasteiger partial charge in [-0.2, -0.15) is 0 Å². The molecule has 0 aromatic heterocycles. The molecule has 0 atom stereocenters. The Balaban J connectivity index is 3.61. The van der Waals surface area contributed by atoms with Gasteiger partial charge in [0, 0.05) is 0 Å². The minimum atomic E-state index is 1.18. The van der Waals surface area contributed by atoms with E-state index < -0.39 is 0 Å². The monoisotopic (exact) mass is 153 g/mol. The molecule has 0 heterocycles. The standard InChI is InChI=1S/C11H21/c1-5-7-8-11(4)9-10(3)6-2/h9H,5-8H2,1-4H3/q-1/b11-9+. The average molecular weight is 153 g/mol. The lowest BCUT2D eigenvalue weighted by molar-refractivity contribution is 0.783. The molecule has 0 saturated carbocycles. The number of allylic oxidation sites excluding steroid dienone is 2. The van der Waals surface area contributed by atoms with E-state index in [-0.39, 0.29) is 0 Å². The third-order valence-corrected chi connectivity index (χ3v) is 1.98. The molecule has 11 heavy (non-hydrogen) atoms. The van der Waals surface area contributed by atoms with Crippen molar-refractivity contribution in [1.82, 2.24) is 0 Å². The predicted molar refractivity (Wildman–Crippen MR) is 52.5 cm³/mol. The lowest BCUT2D eigenvalue weighted by Gasteiger charge is -2.15. The van der Waals surface area contributed by atoms with Crippen molar-refractivity contribution in [1.29, 1.82) is 0 Å². The van der Waals surface area contributed by atoms with Crippen LogP contribution >= 0.6 is 0 Å². The van der Waals surface area contributed by atoms with Crippen molar-refractivity contribution < 1.29 is 0 Å². The Morgan fingerprint density at radius 1 is 1.36 bits per heavy atom. The maximum Gasteiger partial charge on any atom is -0.0573 e. The quantitative estimate of drug-likeness (QED) is 0.521. The minimum Gasteiger partial charge on any atom is -0.226 e. The summed E-state index contributed by atoms with van der Waals surface area (Å²) in [4.78, 5) is 0. The first-order valence-corrected chi connectivity index (χ1v) is 4.70. The molecule has 0 nitrogen and oxygen atoms in total. The van der Waals surface area contributed by atoms with Gasteiger partial charge in [-0.05, 0) is 0 Å². The summed E-state index contributed by atoms with van der Waals surface area (Å²) in [5, 5.41) is 0. The molecule has 0 aliphatic heterocycles. The Labute approximate surface area is 71.7 Å². The highest BCUT2D eigenvalue weighted by Gasteiger charge is 1.84. The fourth-order valence-corrected chi connectivity index (χ4v) is 1.05. The summed E-state index contributed by atoms with van der Waals surface area (Å²) in [5.74, 6) is 1.50. The maximum absolute atomic E-state index is 2.33. The van der Waals surface area contributed by atoms with Crippen LogP contribution in [0.3, 0.4) is 0 Å². The zero-order valence-electron chi connectivity index (χ0n) is 8.41. The van der Waals surface area contributed by atoms with Gasteiger partial charge in [-0.3, -0.25) is 0 Å². The number of unbranched alkanes of at least 4 members (excludes halogenated alkanes) is 1. The predicted octanol–water partition coefficient (Wildman–Crippen LogP) is 4.13. The third kappa shape index (κ3) is 6.03. The van der Waals surface area contributed by atoms with Gasteiger partial charge in [-0.1, -0.05) is 33.1 Å². The van der Waals surface area contributed by atoms with Crippen LogP contribution in [0.15, 0.2) is 11.6 Å². The first-order valence-electron chi connectivity index (χ1n) is 4.70. The lowest BCUT2D eigenvalue weighted by Crippen LogP contribution is -1.85. The summed E-state index contributed by atoms with van der Waals surface area (Å²) < 4.78 is 0. The molecule has 0 heteroatoms. The van der Waals surface area contributed by atoms with Gasteiger partial charge in [-0.25, -0.2) is 17.6 Å². The second-order valence-corrected chi connectivity index (χ2v) is 3.29. The van der Waals surface area contributed by atoms with Gasteiger partial charge in [-0.15, -0.1) is 20.3 Å². The van der Waals surface area contributed by atoms with Gasteiger partial charge in [0.2, 0.25) is 0 Å². The maximum atomic E-state index is 2.33. The van der Waals surface area contributed by atoms with E-state index in [2.05, 4.69) is 33.8 Å². The van der Waals surface area contributed by atoms with Crippen LogP contribution in [0.4, 0.5) is 0 Å². The molecule has 66 valence electrons. The molecule has 0 fully saturated rings. The highest BCUT2D eigenvalue weighted by Crippen LogP contribution is 2.13. The molecule has 0 aliphatic carbocycles. The van der Waals surface area contributed by atoms with Crippen LogP contribution in [0.2, 0.25) is 0 Å². The van der Waals surface area contributed by atoms with Crippen molar-refractivity contribution in [3.8, 4) is 0 Å². The summed E-state index contributed by atoms with van der Waals surface area (Å²) >= 11 is 0. The fraction of sp³-hybridized carbons (Fsp3) is 0.727. The van der Waals surface area contributed by atoms with Crippen LogP contribution in [0.1, 0.15) is 53.4 Å². The Morgan fingerprint density at radius 3 is 2.45 bits per heavy atom. The summed E-state index contributed by atoms with van der Waals surface area (Å²) in [6, 6.07) is 0. The molecular weight excluding hydrogens is 132 g/mol. The normalized spacial score (nSPS) is 11.8. The zero-order valence-corrected chi connectivity index (χ0v) is 8.41. The largest absolute Gasteiger partial charge is 0.226 e. The van der Waals surface area contributed by atoms with Gasteiger partial charge in [0.15, 0.2) is 0 Å². The van der Waals surface area contributed by atoms with Crippen molar-refractivity contribution in [3.05, 3.63) is 17.6 Å². The highest BCUT2D eigenvalue weighted by atomic mass is 14.0. The highest BCUT2D eigenvalue weighted by molar-refractivity contribution is 5.13. The topological polar surface area (TPSA) is 0 Å². The molecule has 0 saturated heterocycles. The van der Waals surface area contributed by atoms with Crippen LogP contribution in [0, 0.1) is 5.92 Å². The second kappa shape index (κ2) is 6.33. The number of hydrogen-bond donors (Lipinski definition) is 0. The molecule has 0 rings (SSSR count). The molecule has 0 radical (unpaired) electrons. The van der Waals surface area contributed by atoms with Gasteiger partial charge in [0.25, 0.3) is 0 Å². The smallest absolute Gasteiger partial charge is 0.0573 e. The molecule has 0 aromatic rings. The summed E-state index contributed by atoms with van der Waals surface area (Å²) in [7, 11) is 0. The van der Waals surface area contributed by atoms with Crippen molar-refractivity contribution >= 4 is 0 Å². The minimum absolute atomic E-state index is 1.18. The molecular formula is C11H21-. The van der Waals surface area contributed by atoms with Gasteiger partial charge in [0.05, 0.1) is 0 Å². The second-order valence-electron chi connectivity index (χ2n) is 3.29. The van der Waals surface area contributed by atoms with Crippen LogP contribution < -0.4 is 0 Å². The molecule has 0 spiro atoms. The van der Waals surface area contributed by atoms with Crippen LogP contribution in [0.25, 0.3) is 0 Å². The van der Waals surface area contributed by atoms with E-state index in [1.165, 1.54) is 37.2 Å². The summed E-state index contributed by atoms with van der Waals surface area (Å²) in [5.41, 5.74) is 1.53. The van der Waals surface area contributed by atoms with Gasteiger partial charge >= 0.3 is 0 Å². The van der Waals surface area contributed by atoms with E-state index in [4.69, 9.17) is 0 Å². The van der Waals surface area contributed by atoms with Crippen LogP contribution in [-0.4, -0.2) is 0 Å². The van der Waals surface area contributed by atoms with E-state index in [0.29, 0.717) is 0 Å². The first-order chi connectivity index (χ1) is 5.20. The summed E-state index contributed by atoms with van der Waals surface area (Å²) in [6.45, 7) is 8.88. The van der Waals surface area contributed by atoms with E-state index in [9.17, 15) is 0 Å².